The second kappa shape index (κ2) is 8.75. The maximum atomic E-state index is 11.1. The van der Waals surface area contributed by atoms with Crippen LogP contribution >= 0.6 is 0 Å². The molecular formula is C17H20O5. The van der Waals surface area contributed by atoms with Crippen molar-refractivity contribution in [1.29, 1.82) is 0 Å². The zero-order chi connectivity index (χ0) is 16.4. The van der Waals surface area contributed by atoms with Gasteiger partial charge in [0, 0.05) is 5.57 Å². The predicted molar refractivity (Wildman–Crippen MR) is 81.1 cm³/mol. The van der Waals surface area contributed by atoms with E-state index < -0.39 is 11.6 Å². The minimum Gasteiger partial charge on any atom is -0.459 e. The second-order valence-electron chi connectivity index (χ2n) is 5.01. The van der Waals surface area contributed by atoms with Crippen LogP contribution in [0.1, 0.15) is 26.3 Å². The lowest BCUT2D eigenvalue weighted by molar-refractivity contribution is -0.311. The molecule has 0 spiro atoms. The fourth-order valence-electron chi connectivity index (χ4n) is 1.41. The molecule has 1 rings (SSSR count). The molecule has 1 aromatic carbocycles. The molecule has 22 heavy (non-hydrogen) atoms. The minimum absolute atomic E-state index is 0.0940. The molecule has 0 bridgehead atoms. The number of benzene rings is 1. The number of carbonyl (C=O) groups excluding carboxylic acids is 1. The Morgan fingerprint density at radius 1 is 1.18 bits per heavy atom. The summed E-state index contributed by atoms with van der Waals surface area (Å²) >= 11 is 0. The van der Waals surface area contributed by atoms with Gasteiger partial charge in [-0.25, -0.2) is 4.79 Å². The van der Waals surface area contributed by atoms with Crippen molar-refractivity contribution in [1.82, 2.24) is 0 Å². The van der Waals surface area contributed by atoms with Crippen LogP contribution in [0.4, 0.5) is 0 Å². The first-order valence-electron chi connectivity index (χ1n) is 6.78. The zero-order valence-electron chi connectivity index (χ0n) is 13.0. The summed E-state index contributed by atoms with van der Waals surface area (Å²) in [5.74, 6) is -0.458. The molecule has 0 aliphatic carbocycles. The lowest BCUT2D eigenvalue weighted by atomic mass is 9.99. The average Bonchev–Trinajstić information content (AvgIpc) is 2.50. The van der Waals surface area contributed by atoms with Crippen molar-refractivity contribution in [2.45, 2.75) is 26.4 Å². The van der Waals surface area contributed by atoms with Gasteiger partial charge < -0.3 is 9.47 Å². The van der Waals surface area contributed by atoms with Crippen molar-refractivity contribution in [3.8, 4) is 12.2 Å². The van der Waals surface area contributed by atoms with E-state index >= 15 is 0 Å². The summed E-state index contributed by atoms with van der Waals surface area (Å²) in [6.07, 6.45) is 4.57. The summed E-state index contributed by atoms with van der Waals surface area (Å²) in [5, 5.41) is 0. The van der Waals surface area contributed by atoms with Crippen LogP contribution in [0, 0.1) is 12.2 Å². The Balaban J connectivity index is 2.22. The lowest BCUT2D eigenvalue weighted by Crippen LogP contribution is -2.20. The zero-order valence-corrected chi connectivity index (χ0v) is 13.0. The molecule has 0 N–H and O–H groups in total. The quantitative estimate of drug-likeness (QED) is 0.194. The van der Waals surface area contributed by atoms with Gasteiger partial charge in [-0.2, -0.15) is 4.89 Å². The van der Waals surface area contributed by atoms with Crippen molar-refractivity contribution in [2.24, 2.45) is 0 Å². The van der Waals surface area contributed by atoms with E-state index in [1.165, 1.54) is 0 Å². The average molecular weight is 304 g/mol. The maximum absolute atomic E-state index is 11.1. The van der Waals surface area contributed by atoms with E-state index in [1.54, 1.807) is 6.92 Å². The molecule has 0 aromatic heterocycles. The smallest absolute Gasteiger partial charge is 0.333 e. The van der Waals surface area contributed by atoms with E-state index in [0.717, 1.165) is 5.56 Å². The second-order valence-corrected chi connectivity index (χ2v) is 5.01. The van der Waals surface area contributed by atoms with Crippen LogP contribution in [0.5, 0.6) is 0 Å². The van der Waals surface area contributed by atoms with Gasteiger partial charge in [0.15, 0.2) is 6.11 Å². The Morgan fingerprint density at radius 3 is 2.50 bits per heavy atom. The first kappa shape index (κ1) is 17.6. The fourth-order valence-corrected chi connectivity index (χ4v) is 1.41. The van der Waals surface area contributed by atoms with Crippen LogP contribution in [0.3, 0.4) is 0 Å². The molecule has 0 radical (unpaired) electrons. The van der Waals surface area contributed by atoms with Crippen LogP contribution in [0.15, 0.2) is 42.5 Å². The molecule has 1 aromatic rings. The third kappa shape index (κ3) is 6.33. The molecule has 0 atom stereocenters. The van der Waals surface area contributed by atoms with E-state index in [1.807, 2.05) is 44.2 Å². The molecule has 5 heteroatoms. The van der Waals surface area contributed by atoms with Gasteiger partial charge in [0.05, 0.1) is 0 Å². The van der Waals surface area contributed by atoms with Crippen molar-refractivity contribution >= 4 is 5.97 Å². The summed E-state index contributed by atoms with van der Waals surface area (Å²) in [7, 11) is 0. The van der Waals surface area contributed by atoms with Gasteiger partial charge in [0.25, 0.3) is 0 Å². The van der Waals surface area contributed by atoms with Crippen molar-refractivity contribution in [3.05, 3.63) is 48.0 Å². The van der Waals surface area contributed by atoms with Crippen LogP contribution in [0.25, 0.3) is 0 Å². The van der Waals surface area contributed by atoms with E-state index in [0.29, 0.717) is 5.57 Å². The molecule has 5 nitrogen and oxygen atoms in total. The number of ether oxygens (including phenoxy) is 2. The van der Waals surface area contributed by atoms with Gasteiger partial charge >= 0.3 is 5.97 Å². The standard InChI is InChI=1S/C17H20O5/c1-14(2)16(18)20-12-10-19-11-13-21-22-17(3,4)15-8-6-5-7-9-15/h5-9H,1,10,12H2,2-4H3. The topological polar surface area (TPSA) is 54.0 Å². The maximum Gasteiger partial charge on any atom is 0.333 e. The SMILES string of the molecule is C=C(C)C(=O)OCCOC#COOC(C)(C)c1ccccc1. The number of hydrogen-bond acceptors (Lipinski definition) is 5. The van der Waals surface area contributed by atoms with Crippen LogP contribution < -0.4 is 0 Å². The van der Waals surface area contributed by atoms with E-state index in [4.69, 9.17) is 19.2 Å². The Bertz CT molecular complexity index is 551. The molecule has 0 amide bonds. The Morgan fingerprint density at radius 2 is 1.86 bits per heavy atom. The van der Waals surface area contributed by atoms with E-state index in [-0.39, 0.29) is 13.2 Å². The van der Waals surface area contributed by atoms with Crippen LogP contribution in [-0.4, -0.2) is 19.2 Å². The number of hydrogen-bond donors (Lipinski definition) is 0. The Hall–Kier alpha value is -2.45. The molecule has 0 saturated heterocycles. The normalized spacial score (nSPS) is 10.1. The highest BCUT2D eigenvalue weighted by molar-refractivity contribution is 5.86. The third-order valence-corrected chi connectivity index (χ3v) is 2.64. The molecule has 0 unspecified atom stereocenters. The molecule has 0 fully saturated rings. The highest BCUT2D eigenvalue weighted by atomic mass is 17.2. The minimum atomic E-state index is -0.632. The highest BCUT2D eigenvalue weighted by Gasteiger charge is 2.22. The fraction of sp³-hybridized carbons (Fsp3) is 0.353. The summed E-state index contributed by atoms with van der Waals surface area (Å²) in [4.78, 5) is 21.1. The Kier molecular flexibility index (Phi) is 7.00. The van der Waals surface area contributed by atoms with Gasteiger partial charge in [0.1, 0.15) is 18.8 Å². The number of esters is 1. The number of rotatable bonds is 7. The molecule has 0 aliphatic heterocycles. The summed E-state index contributed by atoms with van der Waals surface area (Å²) < 4.78 is 9.73. The molecule has 118 valence electrons. The Labute approximate surface area is 130 Å². The molecular weight excluding hydrogens is 284 g/mol. The van der Waals surface area contributed by atoms with Crippen molar-refractivity contribution < 1.29 is 24.0 Å². The van der Waals surface area contributed by atoms with E-state index in [9.17, 15) is 4.79 Å². The van der Waals surface area contributed by atoms with Crippen molar-refractivity contribution in [2.75, 3.05) is 13.2 Å². The van der Waals surface area contributed by atoms with Gasteiger partial charge in [-0.15, -0.1) is 0 Å². The van der Waals surface area contributed by atoms with E-state index in [2.05, 4.69) is 18.8 Å². The van der Waals surface area contributed by atoms with Gasteiger partial charge in [-0.05, 0) is 26.3 Å². The third-order valence-electron chi connectivity index (χ3n) is 2.64. The summed E-state index contributed by atoms with van der Waals surface area (Å²) in [5.41, 5.74) is 0.669. The van der Waals surface area contributed by atoms with Crippen LogP contribution in [0.2, 0.25) is 0 Å². The summed E-state index contributed by atoms with van der Waals surface area (Å²) in [6.45, 7) is 8.99. The van der Waals surface area contributed by atoms with Gasteiger partial charge in [-0.3, -0.25) is 4.89 Å². The lowest BCUT2D eigenvalue weighted by Gasteiger charge is -2.21. The predicted octanol–water partition coefficient (Wildman–Crippen LogP) is 2.92. The van der Waals surface area contributed by atoms with Gasteiger partial charge in [0.2, 0.25) is 6.11 Å². The van der Waals surface area contributed by atoms with Crippen molar-refractivity contribution in [3.63, 3.8) is 0 Å². The monoisotopic (exact) mass is 304 g/mol. The van der Waals surface area contributed by atoms with Gasteiger partial charge in [-0.1, -0.05) is 36.9 Å². The van der Waals surface area contributed by atoms with Crippen LogP contribution in [-0.2, 0) is 29.6 Å². The molecule has 0 saturated carbocycles. The first-order valence-corrected chi connectivity index (χ1v) is 6.78. The molecule has 0 heterocycles. The largest absolute Gasteiger partial charge is 0.459 e. The number of carbonyl (C=O) groups is 1. The highest BCUT2D eigenvalue weighted by Crippen LogP contribution is 2.24. The molecule has 0 aliphatic rings. The summed E-state index contributed by atoms with van der Waals surface area (Å²) in [6, 6.07) is 9.63. The first-order chi connectivity index (χ1) is 10.4.